The number of hydrogen-bond donors (Lipinski definition) is 2. The van der Waals surface area contributed by atoms with E-state index in [2.05, 4.69) is 49.2 Å². The summed E-state index contributed by atoms with van der Waals surface area (Å²) in [5, 5.41) is 19.3. The Hall–Kier alpha value is -3.71. The fourth-order valence-electron chi connectivity index (χ4n) is 46.5. The van der Waals surface area contributed by atoms with Crippen LogP contribution < -0.4 is 0 Å². The van der Waals surface area contributed by atoms with Gasteiger partial charge in [0.05, 0.1) is 25.4 Å². The molecule has 0 radical (unpaired) electrons. The van der Waals surface area contributed by atoms with Crippen molar-refractivity contribution in [2.24, 2.45) is 202 Å². The molecule has 43 atom stereocenters. The Kier molecular flexibility index (Phi) is 28.6. The van der Waals surface area contributed by atoms with Crippen LogP contribution >= 0.6 is 7.60 Å². The quantitative estimate of drug-likeness (QED) is 0.101. The first-order valence-electron chi connectivity index (χ1n) is 60.1. The summed E-state index contributed by atoms with van der Waals surface area (Å²) in [6.45, 7) is 45.3. The molecule has 25 saturated carbocycles. The number of carbonyl (C=O) groups is 5. The van der Waals surface area contributed by atoms with Crippen LogP contribution in [0.2, 0.25) is 0 Å². The van der Waals surface area contributed by atoms with Gasteiger partial charge in [-0.1, -0.05) is 34.6 Å². The Bertz CT molecular complexity index is 4710. The minimum absolute atomic E-state index is 0.0295. The number of fused-ring (bicyclic) bond motifs is 20. The zero-order chi connectivity index (χ0) is 97.9. The second-order valence-electron chi connectivity index (χ2n) is 56.2. The maximum atomic E-state index is 14.1. The molecule has 0 aromatic carbocycles. The van der Waals surface area contributed by atoms with E-state index in [0.717, 1.165) is 234 Å². The summed E-state index contributed by atoms with van der Waals surface area (Å²) >= 11 is 0. The van der Waals surface area contributed by atoms with Gasteiger partial charge in [0.25, 0.3) is 0 Å². The van der Waals surface area contributed by atoms with Crippen LogP contribution in [0.1, 0.15) is 454 Å². The van der Waals surface area contributed by atoms with Crippen LogP contribution in [-0.2, 0) is 51.8 Å². The fourth-order valence-corrected chi connectivity index (χ4v) is 48.8. The van der Waals surface area contributed by atoms with E-state index in [1.165, 1.54) is 264 Å². The van der Waals surface area contributed by atoms with Crippen molar-refractivity contribution in [2.75, 3.05) is 13.2 Å². The number of nitrogens with zero attached hydrogens (tertiary/aromatic N) is 3. The highest BCUT2D eigenvalue weighted by atomic mass is 31.2. The molecule has 25 aliphatic carbocycles. The molecular formula is C123H188N3O13P. The molecule has 0 aliphatic heterocycles. The molecule has 0 aromatic rings. The first-order valence-corrected chi connectivity index (χ1v) is 61.6. The number of ether oxygens (including phenoxy) is 3. The van der Waals surface area contributed by atoms with E-state index >= 15 is 0 Å². The topological polar surface area (TPSA) is 202 Å². The van der Waals surface area contributed by atoms with E-state index in [-0.39, 0.29) is 53.8 Å². The average molecular weight is 1950 g/mol. The Balaban J connectivity index is 0.000000105. The number of aliphatic hydroxyl groups excluding tert-OH is 2. The third-order valence-corrected chi connectivity index (χ3v) is 55.0. The van der Waals surface area contributed by atoms with Gasteiger partial charge in [0, 0.05) is 85.0 Å². The molecule has 778 valence electrons. The Morgan fingerprint density at radius 3 is 0.921 bits per heavy atom. The molecule has 25 aliphatic rings. The minimum atomic E-state index is -3.53. The molecule has 25 rings (SSSR count). The van der Waals surface area contributed by atoms with Gasteiger partial charge in [0.1, 0.15) is 29.9 Å². The number of rotatable bonds is 8. The van der Waals surface area contributed by atoms with Crippen LogP contribution in [0.15, 0.2) is 0 Å². The van der Waals surface area contributed by atoms with Gasteiger partial charge in [-0.25, -0.2) is 19.7 Å². The number of esters is 3. The zero-order valence-electron chi connectivity index (χ0n) is 89.0. The monoisotopic (exact) mass is 1950 g/mol. The smallest absolute Gasteiger partial charge is 0.415 e. The van der Waals surface area contributed by atoms with E-state index in [4.69, 9.17) is 43.0 Å². The van der Waals surface area contributed by atoms with Crippen molar-refractivity contribution in [3.05, 3.63) is 34.3 Å². The molecule has 25 fully saturated rings. The summed E-state index contributed by atoms with van der Waals surface area (Å²) < 4.78 is 42.7. The molecule has 0 heterocycles. The number of aliphatic hydroxyl groups is 2. The molecule has 17 heteroatoms. The van der Waals surface area contributed by atoms with Gasteiger partial charge in [-0.3, -0.25) is 33.4 Å². The van der Waals surface area contributed by atoms with Gasteiger partial charge < -0.3 is 43.2 Å². The van der Waals surface area contributed by atoms with Crippen molar-refractivity contribution >= 4 is 37.1 Å². The molecule has 0 aromatic heterocycles. The van der Waals surface area contributed by atoms with E-state index in [1.54, 1.807) is 13.8 Å². The maximum Gasteiger partial charge on any atom is 0.415 e. The van der Waals surface area contributed by atoms with Crippen LogP contribution in [0.25, 0.3) is 14.5 Å². The molecule has 18 unspecified atom stereocenters. The van der Waals surface area contributed by atoms with Crippen molar-refractivity contribution < 1.29 is 62.0 Å². The first kappa shape index (κ1) is 102. The van der Waals surface area contributed by atoms with E-state index in [0.29, 0.717) is 128 Å². The van der Waals surface area contributed by atoms with Crippen molar-refractivity contribution in [1.29, 1.82) is 0 Å². The summed E-state index contributed by atoms with van der Waals surface area (Å²) in [6.07, 6.45) is 73.1. The van der Waals surface area contributed by atoms with Crippen LogP contribution in [0.4, 0.5) is 0 Å². The number of carbonyl (C=O) groups excluding carboxylic acids is 5. The minimum Gasteiger partial charge on any atom is -0.463 e. The van der Waals surface area contributed by atoms with Crippen LogP contribution in [0, 0.1) is 222 Å². The standard InChI is InChI=1S/C29H46NO5P.C25H37NO2.C24H36O3.C23H35NO.C22H34O2/c1-6-33-36(32,34-7-2)29(30-5)17-12-21-9-11-26-24-10-8-22-18-23(35-20(3)31)13-15-27(22,4)25(24)14-16-28(21,26)19-29;1-16(27)28-20-10-12-24(2)18(14-20)5-8-21-22(24)11-13-25-15-19(26-3)7-4-17(25)6-9-23(21)25;1-15(25)27-19-9-11-23(2)17(13-19)4-7-20-21(23)10-12-24-14-18(26)6-3-16(24)5-8-22(20)24;1-22-11-9-18(25)13-16(22)4-7-19-20(22)10-12-23-14-17(24-2)6-3-15(23)5-8-21(19)23;1-21-10-8-16(23)12-15(21)3-6-18-19(21)9-11-22-13-17(24)5-2-14(22)4-7-20(18)22/h21-26H,6-19H2,1-4H3;17-23H,4-15H2,1-2H3;16-17,19-22H,3-14H2,1-2H3;15-21,25H,3-14H2,1H3;14-16,18-20,23H,2-13H2,1H3/t21-,22+,23-,24?,25?,26?,27+,28+,29?;17-,18-,19?,20+,21?,22?,23?,24-,25-;16-,17-,19+,20?,21?,22?,23-,24-;15-,16-,17?,18+,19?,20?,21?,22-,23-;14-,15-,16+,18?,19?,20?,21-,22-/m10000/s1. The van der Waals surface area contributed by atoms with E-state index < -0.39 is 12.9 Å². The van der Waals surface area contributed by atoms with E-state index in [9.17, 15) is 38.8 Å². The van der Waals surface area contributed by atoms with Crippen LogP contribution in [0.5, 0.6) is 0 Å². The first-order chi connectivity index (χ1) is 67.1. The SMILES string of the molecule is CC(=O)O[C@@H]1CC[C@]2(C)C3CC[C@]45CC(=O)CC[C@H]4CCC5C3CC[C@H]2C1.C[C@]12CC[C@@H](O)C[C@@H]1CCC1C3CC[C@@H]4CCC(=O)C[C@]34CCC12.[C-]#[N+]C1(P(=O)(OCC)OCC)CC[C@H]2CCC3C4CC[C@H]5C[C@H](OC(C)=O)CC[C@]5(C)C4CC[C@@]32C1.[C-]#[N+]C1CC[C@H]2CCC3C4CC[C@H]5C[C@H](O)CC[C@]5(C)C4CC[C@@]32C1.[C-]#[N+]C1CC[C@H]2CCC3C4CC[C@H]5C[C@H](OC(C)=O)CC[C@]5(C)C4CC[C@@]32C1. The van der Waals surface area contributed by atoms with Crippen LogP contribution in [-0.4, -0.2) is 101 Å². The maximum absolute atomic E-state index is 14.1. The number of hydrogen-bond acceptors (Lipinski definition) is 13. The normalized spacial score (nSPS) is 52.3. The molecule has 16 nitrogen and oxygen atoms in total. The highest BCUT2D eigenvalue weighted by Gasteiger charge is 2.74. The van der Waals surface area contributed by atoms with Gasteiger partial charge in [-0.2, -0.15) is 0 Å². The second kappa shape index (κ2) is 39.3. The molecule has 0 saturated heterocycles. The fraction of sp³-hybridized carbons (Fsp3) is 0.935. The molecule has 0 bridgehead atoms. The third kappa shape index (κ3) is 17.0. The second-order valence-corrected chi connectivity index (χ2v) is 58.5. The molecule has 140 heavy (non-hydrogen) atoms. The Morgan fingerprint density at radius 2 is 0.600 bits per heavy atom. The molecule has 5 spiro atoms. The molecule has 2 N–H and O–H groups in total. The Morgan fingerprint density at radius 1 is 0.321 bits per heavy atom. The van der Waals surface area contributed by atoms with Crippen molar-refractivity contribution in [1.82, 2.24) is 0 Å². The lowest BCUT2D eigenvalue weighted by Crippen LogP contribution is -2.56. The van der Waals surface area contributed by atoms with Gasteiger partial charge >= 0.3 is 30.8 Å². The summed E-state index contributed by atoms with van der Waals surface area (Å²) in [4.78, 5) is 71.3. The number of Topliss-reactive ketones (excluding diaryl/α,β-unsaturated/α-hetero) is 2. The number of ketones is 2. The summed E-state index contributed by atoms with van der Waals surface area (Å²) in [6, 6.07) is 0.629. The van der Waals surface area contributed by atoms with Gasteiger partial charge in [-0.15, -0.1) is 0 Å². The summed E-state index contributed by atoms with van der Waals surface area (Å²) in [5.41, 5.74) is 4.13. The lowest BCUT2D eigenvalue weighted by Gasteiger charge is -2.62. The highest BCUT2D eigenvalue weighted by molar-refractivity contribution is 7.55. The predicted octanol–water partition coefficient (Wildman–Crippen LogP) is 29.2. The highest BCUT2D eigenvalue weighted by Crippen LogP contribution is 2.80. The van der Waals surface area contributed by atoms with Crippen molar-refractivity contribution in [3.8, 4) is 0 Å². The van der Waals surface area contributed by atoms with Crippen molar-refractivity contribution in [2.45, 2.75) is 502 Å². The lowest BCUT2D eigenvalue weighted by molar-refractivity contribution is -0.163. The molecule has 0 amide bonds. The average Bonchev–Trinajstić information content (AvgIpc) is 1.47. The predicted molar refractivity (Wildman–Crippen MR) is 547 cm³/mol. The van der Waals surface area contributed by atoms with Gasteiger partial charge in [0.2, 0.25) is 12.1 Å². The van der Waals surface area contributed by atoms with Crippen molar-refractivity contribution in [3.63, 3.8) is 0 Å². The molecular weight excluding hydrogens is 1760 g/mol. The largest absolute Gasteiger partial charge is 0.463 e. The van der Waals surface area contributed by atoms with Gasteiger partial charge in [-0.05, 0) is 537 Å². The third-order valence-electron chi connectivity index (χ3n) is 52.3. The summed E-state index contributed by atoms with van der Waals surface area (Å²) in [5.74, 6) is 21.1. The van der Waals surface area contributed by atoms with Gasteiger partial charge in [0.15, 0.2) is 0 Å². The Labute approximate surface area is 845 Å². The lowest BCUT2D eigenvalue weighted by atomic mass is 9.43. The van der Waals surface area contributed by atoms with Crippen LogP contribution in [0.3, 0.4) is 0 Å². The van der Waals surface area contributed by atoms with E-state index in [1.807, 2.05) is 13.8 Å². The summed E-state index contributed by atoms with van der Waals surface area (Å²) in [7, 11) is -3.53. The zero-order valence-corrected chi connectivity index (χ0v) is 89.9.